The summed E-state index contributed by atoms with van der Waals surface area (Å²) in [5, 5.41) is 9.07. The van der Waals surface area contributed by atoms with Gasteiger partial charge in [-0.2, -0.15) is 5.26 Å². The van der Waals surface area contributed by atoms with Crippen molar-refractivity contribution in [3.63, 3.8) is 0 Å². The van der Waals surface area contributed by atoms with Crippen LogP contribution in [0.1, 0.15) is 18.5 Å². The number of hydrogen-bond acceptors (Lipinski definition) is 4. The summed E-state index contributed by atoms with van der Waals surface area (Å²) in [5.41, 5.74) is 7.62. The molecule has 17 heavy (non-hydrogen) atoms. The smallest absolute Gasteiger partial charge is 0.163 e. The molecule has 1 aromatic rings. The molecule has 3 atom stereocenters. The predicted molar refractivity (Wildman–Crippen MR) is 65.4 cm³/mol. The zero-order valence-corrected chi connectivity index (χ0v) is 9.71. The summed E-state index contributed by atoms with van der Waals surface area (Å²) in [6.45, 7) is 2.00. The number of fused-ring (bicyclic) bond motifs is 1. The van der Waals surface area contributed by atoms with Crippen LogP contribution in [0.25, 0.3) is 0 Å². The molecule has 4 heteroatoms. The van der Waals surface area contributed by atoms with Gasteiger partial charge in [0, 0.05) is 25.3 Å². The molecule has 1 saturated carbocycles. The van der Waals surface area contributed by atoms with Gasteiger partial charge in [-0.1, -0.05) is 0 Å². The van der Waals surface area contributed by atoms with Crippen molar-refractivity contribution in [2.45, 2.75) is 18.9 Å². The first kappa shape index (κ1) is 10.5. The van der Waals surface area contributed by atoms with Gasteiger partial charge < -0.3 is 10.6 Å². The first-order chi connectivity index (χ1) is 8.29. The normalized spacial score (nSPS) is 31.3. The van der Waals surface area contributed by atoms with Crippen LogP contribution in [0.2, 0.25) is 0 Å². The fraction of sp³-hybridized carbons (Fsp3) is 0.538. The molecule has 0 spiro atoms. The van der Waals surface area contributed by atoms with E-state index in [-0.39, 0.29) is 0 Å². The third-order valence-electron chi connectivity index (χ3n) is 4.15. The minimum atomic E-state index is 0.340. The van der Waals surface area contributed by atoms with E-state index in [0.29, 0.717) is 23.6 Å². The molecule has 3 rings (SSSR count). The molecule has 0 bridgehead atoms. The second-order valence-corrected chi connectivity index (χ2v) is 5.05. The summed E-state index contributed by atoms with van der Waals surface area (Å²) in [6, 6.07) is 6.38. The Labute approximate surface area is 101 Å². The van der Waals surface area contributed by atoms with Crippen LogP contribution in [0.15, 0.2) is 18.3 Å². The zero-order chi connectivity index (χ0) is 11.8. The highest BCUT2D eigenvalue weighted by Crippen LogP contribution is 2.39. The number of hydrogen-bond donors (Lipinski definition) is 1. The van der Waals surface area contributed by atoms with Crippen LogP contribution in [0.5, 0.6) is 0 Å². The molecular weight excluding hydrogens is 212 g/mol. The number of nitrogens with zero attached hydrogens (tertiary/aromatic N) is 3. The highest BCUT2D eigenvalue weighted by Gasteiger charge is 2.41. The minimum absolute atomic E-state index is 0.340. The topological polar surface area (TPSA) is 65.9 Å². The van der Waals surface area contributed by atoms with Crippen LogP contribution in [0.3, 0.4) is 0 Å². The van der Waals surface area contributed by atoms with E-state index in [2.05, 4.69) is 16.0 Å². The highest BCUT2D eigenvalue weighted by atomic mass is 15.2. The van der Waals surface area contributed by atoms with Gasteiger partial charge in [0.15, 0.2) is 5.69 Å². The Morgan fingerprint density at radius 1 is 1.41 bits per heavy atom. The molecular formula is C13H16N4. The molecule has 3 unspecified atom stereocenters. The molecule has 88 valence electrons. The quantitative estimate of drug-likeness (QED) is 0.782. The first-order valence-corrected chi connectivity index (χ1v) is 6.15. The van der Waals surface area contributed by atoms with Gasteiger partial charge in [0.2, 0.25) is 0 Å². The predicted octanol–water partition coefficient (Wildman–Crippen LogP) is 1.13. The number of anilines is 1. The minimum Gasteiger partial charge on any atom is -0.369 e. The van der Waals surface area contributed by atoms with Crippen molar-refractivity contribution in [1.82, 2.24) is 4.98 Å². The van der Waals surface area contributed by atoms with E-state index in [4.69, 9.17) is 11.0 Å². The van der Waals surface area contributed by atoms with Gasteiger partial charge in [-0.25, -0.2) is 4.98 Å². The lowest BCUT2D eigenvalue weighted by atomic mass is 9.98. The fourth-order valence-electron chi connectivity index (χ4n) is 3.24. The van der Waals surface area contributed by atoms with E-state index < -0.39 is 0 Å². The maximum atomic E-state index is 9.07. The van der Waals surface area contributed by atoms with Gasteiger partial charge in [0.25, 0.3) is 0 Å². The van der Waals surface area contributed by atoms with Crippen LogP contribution < -0.4 is 10.6 Å². The molecule has 2 aliphatic rings. The van der Waals surface area contributed by atoms with E-state index in [1.165, 1.54) is 6.42 Å². The van der Waals surface area contributed by atoms with Gasteiger partial charge in [0.05, 0.1) is 5.69 Å². The molecule has 0 radical (unpaired) electrons. The molecule has 1 aliphatic heterocycles. The second-order valence-electron chi connectivity index (χ2n) is 5.05. The summed E-state index contributed by atoms with van der Waals surface area (Å²) in [6.07, 6.45) is 4.05. The maximum absolute atomic E-state index is 9.07. The monoisotopic (exact) mass is 228 g/mol. The Morgan fingerprint density at radius 3 is 3.06 bits per heavy atom. The molecule has 2 heterocycles. The molecule has 1 aliphatic carbocycles. The third-order valence-corrected chi connectivity index (χ3v) is 4.15. The molecule has 2 N–H and O–H groups in total. The summed E-state index contributed by atoms with van der Waals surface area (Å²) < 4.78 is 0. The Bertz CT molecular complexity index is 465. The molecule has 0 amide bonds. The fourth-order valence-corrected chi connectivity index (χ4v) is 3.24. The molecule has 2 fully saturated rings. The first-order valence-electron chi connectivity index (χ1n) is 6.15. The van der Waals surface area contributed by atoms with Crippen molar-refractivity contribution in [1.29, 1.82) is 5.26 Å². The van der Waals surface area contributed by atoms with Gasteiger partial charge in [-0.15, -0.1) is 0 Å². The average Bonchev–Trinajstić information content (AvgIpc) is 2.92. The highest BCUT2D eigenvalue weighted by molar-refractivity contribution is 5.56. The zero-order valence-electron chi connectivity index (χ0n) is 9.71. The average molecular weight is 228 g/mol. The maximum Gasteiger partial charge on any atom is 0.163 e. The van der Waals surface area contributed by atoms with Crippen molar-refractivity contribution in [2.24, 2.45) is 17.6 Å². The van der Waals surface area contributed by atoms with Crippen LogP contribution in [0.4, 0.5) is 5.69 Å². The Hall–Kier alpha value is -1.60. The number of pyridine rings is 1. The molecule has 0 aromatic carbocycles. The second kappa shape index (κ2) is 4.01. The van der Waals surface area contributed by atoms with Gasteiger partial charge in [-0.05, 0) is 36.8 Å². The SMILES string of the molecule is N#Cc1ncccc1N1CC2CCC(N)C2C1. The Kier molecular flexibility index (Phi) is 2.49. The lowest BCUT2D eigenvalue weighted by molar-refractivity contribution is 0.453. The largest absolute Gasteiger partial charge is 0.369 e. The van der Waals surface area contributed by atoms with E-state index >= 15 is 0 Å². The number of nitrogens with two attached hydrogens (primary N) is 1. The number of aromatic nitrogens is 1. The van der Waals surface area contributed by atoms with Gasteiger partial charge >= 0.3 is 0 Å². The molecule has 1 saturated heterocycles. The lowest BCUT2D eigenvalue weighted by Gasteiger charge is -2.21. The Balaban J connectivity index is 1.86. The van der Waals surface area contributed by atoms with Crippen LogP contribution in [-0.4, -0.2) is 24.1 Å². The van der Waals surface area contributed by atoms with Gasteiger partial charge in [0.1, 0.15) is 6.07 Å². The summed E-state index contributed by atoms with van der Waals surface area (Å²) in [4.78, 5) is 6.40. The third kappa shape index (κ3) is 1.67. The molecule has 4 nitrogen and oxygen atoms in total. The van der Waals surface area contributed by atoms with Crippen molar-refractivity contribution < 1.29 is 0 Å². The van der Waals surface area contributed by atoms with Crippen LogP contribution in [-0.2, 0) is 0 Å². The van der Waals surface area contributed by atoms with Gasteiger partial charge in [-0.3, -0.25) is 0 Å². The number of rotatable bonds is 1. The van der Waals surface area contributed by atoms with Crippen LogP contribution in [0, 0.1) is 23.2 Å². The van der Waals surface area contributed by atoms with E-state index in [9.17, 15) is 0 Å². The van der Waals surface area contributed by atoms with Crippen molar-refractivity contribution in [2.75, 3.05) is 18.0 Å². The lowest BCUT2D eigenvalue weighted by Crippen LogP contribution is -2.30. The molecule has 1 aromatic heterocycles. The number of nitriles is 1. The summed E-state index contributed by atoms with van der Waals surface area (Å²) >= 11 is 0. The van der Waals surface area contributed by atoms with Crippen molar-refractivity contribution >= 4 is 5.69 Å². The van der Waals surface area contributed by atoms with Crippen molar-refractivity contribution in [3.8, 4) is 6.07 Å². The standard InChI is InChI=1S/C13H16N4/c14-6-12-13(2-1-5-16-12)17-7-9-3-4-11(15)10(9)8-17/h1-2,5,9-11H,3-4,7-8,15H2. The van der Waals surface area contributed by atoms with E-state index in [0.717, 1.165) is 25.2 Å². The summed E-state index contributed by atoms with van der Waals surface area (Å²) in [5.74, 6) is 1.30. The van der Waals surface area contributed by atoms with Crippen LogP contribution >= 0.6 is 0 Å². The summed E-state index contributed by atoms with van der Waals surface area (Å²) in [7, 11) is 0. The Morgan fingerprint density at radius 2 is 2.29 bits per heavy atom. The van der Waals surface area contributed by atoms with E-state index in [1.807, 2.05) is 12.1 Å². The van der Waals surface area contributed by atoms with E-state index in [1.54, 1.807) is 6.20 Å². The van der Waals surface area contributed by atoms with Crippen molar-refractivity contribution in [3.05, 3.63) is 24.0 Å².